The first-order valence-electron chi connectivity index (χ1n) is 11.2. The number of nitrogens with one attached hydrogen (secondary N) is 1. The highest BCUT2D eigenvalue weighted by Gasteiger charge is 2.18. The van der Waals surface area contributed by atoms with Gasteiger partial charge in [-0.2, -0.15) is 0 Å². The number of carbonyl (C=O) groups is 1. The molecule has 0 fully saturated rings. The highest BCUT2D eigenvalue weighted by atomic mass is 35.5. The smallest absolute Gasteiger partial charge is 0.271 e. The van der Waals surface area contributed by atoms with Crippen LogP contribution in [0.15, 0.2) is 83.6 Å². The van der Waals surface area contributed by atoms with Crippen LogP contribution in [0.5, 0.6) is 0 Å². The van der Waals surface area contributed by atoms with Gasteiger partial charge in [0.1, 0.15) is 16.5 Å². The lowest BCUT2D eigenvalue weighted by Gasteiger charge is -2.11. The van der Waals surface area contributed by atoms with Crippen molar-refractivity contribution < 1.29 is 4.79 Å². The zero-order chi connectivity index (χ0) is 25.6. The first kappa shape index (κ1) is 25.4. The Kier molecular flexibility index (Phi) is 8.15. The summed E-state index contributed by atoms with van der Waals surface area (Å²) in [5, 5.41) is 16.0. The van der Waals surface area contributed by atoms with Gasteiger partial charge in [-0.3, -0.25) is 14.3 Å². The van der Waals surface area contributed by atoms with Crippen LogP contribution in [0.25, 0.3) is 5.69 Å². The van der Waals surface area contributed by atoms with E-state index in [0.29, 0.717) is 39.6 Å². The highest BCUT2D eigenvalue weighted by molar-refractivity contribution is 7.98. The summed E-state index contributed by atoms with van der Waals surface area (Å²) in [7, 11) is 0. The van der Waals surface area contributed by atoms with E-state index >= 15 is 0 Å². The number of nitrogens with zero attached hydrogens (tertiary/aromatic N) is 5. The molecule has 0 saturated carbocycles. The van der Waals surface area contributed by atoms with Gasteiger partial charge in [-0.05, 0) is 35.4 Å². The lowest BCUT2D eigenvalue weighted by atomic mass is 10.1. The van der Waals surface area contributed by atoms with Crippen molar-refractivity contribution >= 4 is 52.2 Å². The fourth-order valence-corrected chi connectivity index (χ4v) is 5.61. The second-order valence-corrected chi connectivity index (χ2v) is 10.7. The molecule has 0 atom stereocenters. The number of carbonyl (C=O) groups excluding carboxylic acids is 1. The average Bonchev–Trinajstić information content (AvgIpc) is 3.56. The van der Waals surface area contributed by atoms with Gasteiger partial charge in [-0.15, -0.1) is 21.5 Å². The summed E-state index contributed by atoms with van der Waals surface area (Å²) in [5.74, 6) is 1.09. The second-order valence-electron chi connectivity index (χ2n) is 7.95. The van der Waals surface area contributed by atoms with Gasteiger partial charge in [0.2, 0.25) is 0 Å². The molecule has 0 aliphatic heterocycles. The van der Waals surface area contributed by atoms with Crippen LogP contribution in [-0.2, 0) is 18.7 Å². The average molecular weight is 568 g/mol. The summed E-state index contributed by atoms with van der Waals surface area (Å²) in [6, 6.07) is 19.3. The van der Waals surface area contributed by atoms with E-state index in [9.17, 15) is 4.79 Å². The third-order valence-electron chi connectivity index (χ3n) is 5.35. The molecule has 1 amide bonds. The largest absolute Gasteiger partial charge is 0.347 e. The van der Waals surface area contributed by atoms with Crippen LogP contribution < -0.4 is 5.32 Å². The molecule has 1 N–H and O–H groups in total. The number of pyridine rings is 1. The fraction of sp³-hybridized carbons (Fsp3) is 0.115. The van der Waals surface area contributed by atoms with Crippen molar-refractivity contribution in [2.75, 3.05) is 0 Å². The maximum atomic E-state index is 12.5. The van der Waals surface area contributed by atoms with E-state index in [1.54, 1.807) is 29.9 Å². The van der Waals surface area contributed by atoms with Gasteiger partial charge in [0.05, 0.1) is 21.5 Å². The van der Waals surface area contributed by atoms with E-state index in [2.05, 4.69) is 37.6 Å². The molecule has 186 valence electrons. The first-order valence-corrected chi connectivity index (χ1v) is 13.9. The van der Waals surface area contributed by atoms with Crippen LogP contribution in [0.2, 0.25) is 10.0 Å². The highest BCUT2D eigenvalue weighted by Crippen LogP contribution is 2.30. The van der Waals surface area contributed by atoms with Gasteiger partial charge >= 0.3 is 0 Å². The fourth-order valence-electron chi connectivity index (χ4n) is 3.55. The Morgan fingerprint density at radius 3 is 2.62 bits per heavy atom. The van der Waals surface area contributed by atoms with Gasteiger partial charge < -0.3 is 5.32 Å². The molecule has 37 heavy (non-hydrogen) atoms. The van der Waals surface area contributed by atoms with Crippen LogP contribution in [0.1, 0.15) is 32.4 Å². The topological polar surface area (TPSA) is 85.6 Å². The Labute approximate surface area is 231 Å². The molecule has 3 aromatic heterocycles. The van der Waals surface area contributed by atoms with E-state index in [4.69, 9.17) is 23.2 Å². The van der Waals surface area contributed by atoms with Crippen molar-refractivity contribution in [3.8, 4) is 5.69 Å². The monoisotopic (exact) mass is 566 g/mol. The quantitative estimate of drug-likeness (QED) is 0.212. The minimum atomic E-state index is -0.222. The van der Waals surface area contributed by atoms with Crippen LogP contribution in [0.4, 0.5) is 0 Å². The van der Waals surface area contributed by atoms with Gasteiger partial charge in [-0.1, -0.05) is 71.4 Å². The lowest BCUT2D eigenvalue weighted by Crippen LogP contribution is -2.23. The molecule has 0 saturated heterocycles. The van der Waals surface area contributed by atoms with E-state index in [-0.39, 0.29) is 5.91 Å². The SMILES string of the molecule is O=C(NCc1cccnc1)c1csc(CSc2nnc(Cc3ccccc3)n2-c2ccc(Cl)c(Cl)c2)n1. The number of thiazole rings is 1. The molecular weight excluding hydrogens is 547 g/mol. The predicted octanol–water partition coefficient (Wildman–Crippen LogP) is 6.24. The Hall–Kier alpha value is -3.24. The Balaban J connectivity index is 1.32. The van der Waals surface area contributed by atoms with Crippen molar-refractivity contribution in [1.29, 1.82) is 0 Å². The second kappa shape index (κ2) is 11.9. The van der Waals surface area contributed by atoms with Crippen molar-refractivity contribution in [3.05, 3.63) is 116 Å². The zero-order valence-electron chi connectivity index (χ0n) is 19.3. The van der Waals surface area contributed by atoms with E-state index < -0.39 is 0 Å². The molecule has 7 nitrogen and oxygen atoms in total. The Morgan fingerprint density at radius 1 is 1.00 bits per heavy atom. The molecule has 11 heteroatoms. The predicted molar refractivity (Wildman–Crippen MR) is 148 cm³/mol. The zero-order valence-corrected chi connectivity index (χ0v) is 22.5. The molecule has 5 rings (SSSR count). The van der Waals surface area contributed by atoms with Gasteiger partial charge in [0.15, 0.2) is 5.16 Å². The number of benzene rings is 2. The number of amides is 1. The molecule has 3 heterocycles. The normalized spacial score (nSPS) is 11.0. The number of hydrogen-bond donors (Lipinski definition) is 1. The van der Waals surface area contributed by atoms with Gasteiger partial charge in [0.25, 0.3) is 5.91 Å². The third kappa shape index (κ3) is 6.37. The number of rotatable bonds is 9. The molecule has 0 bridgehead atoms. The number of halogens is 2. The van der Waals surface area contributed by atoms with Gasteiger partial charge in [-0.25, -0.2) is 4.98 Å². The number of aromatic nitrogens is 5. The summed E-state index contributed by atoms with van der Waals surface area (Å²) in [6.07, 6.45) is 4.02. The van der Waals surface area contributed by atoms with Crippen LogP contribution >= 0.6 is 46.3 Å². The van der Waals surface area contributed by atoms with E-state index in [1.165, 1.54) is 23.1 Å². The minimum Gasteiger partial charge on any atom is -0.347 e. The molecule has 0 unspecified atom stereocenters. The first-order chi connectivity index (χ1) is 18.1. The summed E-state index contributed by atoms with van der Waals surface area (Å²) in [5.41, 5.74) is 3.26. The molecule has 2 aromatic carbocycles. The van der Waals surface area contributed by atoms with Crippen LogP contribution in [0.3, 0.4) is 0 Å². The summed E-state index contributed by atoms with van der Waals surface area (Å²) >= 11 is 15.4. The molecule has 0 radical (unpaired) electrons. The Bertz CT molecular complexity index is 1510. The summed E-state index contributed by atoms with van der Waals surface area (Å²) < 4.78 is 1.98. The molecular formula is C26H20Cl2N6OS2. The number of thioether (sulfide) groups is 1. The molecule has 0 spiro atoms. The van der Waals surface area contributed by atoms with Crippen LogP contribution in [-0.4, -0.2) is 30.6 Å². The molecule has 5 aromatic rings. The van der Waals surface area contributed by atoms with Crippen molar-refractivity contribution in [2.45, 2.75) is 23.9 Å². The third-order valence-corrected chi connectivity index (χ3v) is 8.06. The maximum absolute atomic E-state index is 12.5. The van der Waals surface area contributed by atoms with E-state index in [0.717, 1.165) is 27.6 Å². The maximum Gasteiger partial charge on any atom is 0.271 e. The van der Waals surface area contributed by atoms with Crippen molar-refractivity contribution in [3.63, 3.8) is 0 Å². The number of hydrogen-bond acceptors (Lipinski definition) is 7. The van der Waals surface area contributed by atoms with Crippen molar-refractivity contribution in [2.24, 2.45) is 0 Å². The summed E-state index contributed by atoms with van der Waals surface area (Å²) in [6.45, 7) is 0.394. The van der Waals surface area contributed by atoms with Gasteiger partial charge in [0, 0.05) is 30.7 Å². The molecule has 0 aliphatic carbocycles. The van der Waals surface area contributed by atoms with E-state index in [1.807, 2.05) is 41.0 Å². The summed E-state index contributed by atoms with van der Waals surface area (Å²) in [4.78, 5) is 21.1. The standard InChI is InChI=1S/C26H20Cl2N6OS2/c27-20-9-8-19(12-21(20)28)34-23(11-17-5-2-1-3-6-17)32-33-26(34)37-16-24-31-22(15-36-24)25(35)30-14-18-7-4-10-29-13-18/h1-10,12-13,15H,11,14,16H2,(H,30,35). The van der Waals surface area contributed by atoms with Crippen molar-refractivity contribution in [1.82, 2.24) is 30.0 Å². The minimum absolute atomic E-state index is 0.222. The Morgan fingerprint density at radius 2 is 1.84 bits per heavy atom. The van der Waals surface area contributed by atoms with Crippen LogP contribution in [0, 0.1) is 0 Å². The molecule has 0 aliphatic rings. The lowest BCUT2D eigenvalue weighted by molar-refractivity contribution is 0.0946.